The quantitative estimate of drug-likeness (QED) is 0.919. The summed E-state index contributed by atoms with van der Waals surface area (Å²) < 4.78 is 0. The number of anilines is 3. The van der Waals surface area contributed by atoms with Crippen molar-refractivity contribution in [3.05, 3.63) is 0 Å². The maximum atomic E-state index is 4.58. The van der Waals surface area contributed by atoms with E-state index in [1.807, 2.05) is 26.0 Å². The second-order valence-electron chi connectivity index (χ2n) is 6.91. The lowest BCUT2D eigenvalue weighted by atomic mass is 9.75. The molecule has 0 amide bonds. The Morgan fingerprint density at radius 1 is 1.00 bits per heavy atom. The predicted molar refractivity (Wildman–Crippen MR) is 88.1 cm³/mol. The fraction of sp³-hybridized carbons (Fsp3) is 0.800. The molecule has 0 saturated heterocycles. The lowest BCUT2D eigenvalue weighted by Gasteiger charge is -2.38. The highest BCUT2D eigenvalue weighted by molar-refractivity contribution is 5.44. The highest BCUT2D eigenvalue weighted by Crippen LogP contribution is 2.37. The van der Waals surface area contributed by atoms with Crippen LogP contribution in [0.4, 0.5) is 17.8 Å². The first-order valence-corrected chi connectivity index (χ1v) is 7.66. The molecular formula is C15H28N6. The molecule has 1 heterocycles. The SMILES string of the molecule is CNc1nc(N(C)C)nc(N(C)C2CCC(C)(C)CC2)n1. The van der Waals surface area contributed by atoms with Gasteiger partial charge in [0.15, 0.2) is 0 Å². The van der Waals surface area contributed by atoms with Gasteiger partial charge in [0.1, 0.15) is 0 Å². The van der Waals surface area contributed by atoms with Gasteiger partial charge in [-0.05, 0) is 31.1 Å². The lowest BCUT2D eigenvalue weighted by molar-refractivity contribution is 0.222. The Bertz CT molecular complexity index is 475. The maximum absolute atomic E-state index is 4.58. The zero-order chi connectivity index (χ0) is 15.6. The van der Waals surface area contributed by atoms with Gasteiger partial charge in [0.2, 0.25) is 17.8 Å². The molecule has 1 aromatic heterocycles. The summed E-state index contributed by atoms with van der Waals surface area (Å²) in [6.45, 7) is 4.71. The van der Waals surface area contributed by atoms with Crippen LogP contribution in [0.3, 0.4) is 0 Å². The van der Waals surface area contributed by atoms with Crippen molar-refractivity contribution in [2.75, 3.05) is 43.3 Å². The molecule has 6 heteroatoms. The van der Waals surface area contributed by atoms with Crippen LogP contribution in [-0.2, 0) is 0 Å². The first-order valence-electron chi connectivity index (χ1n) is 7.66. The first kappa shape index (κ1) is 15.8. The van der Waals surface area contributed by atoms with E-state index in [2.05, 4.69) is 46.1 Å². The van der Waals surface area contributed by atoms with Gasteiger partial charge in [-0.15, -0.1) is 0 Å². The molecule has 6 nitrogen and oxygen atoms in total. The summed E-state index contributed by atoms with van der Waals surface area (Å²) in [4.78, 5) is 17.6. The number of nitrogens with zero attached hydrogens (tertiary/aromatic N) is 5. The fourth-order valence-electron chi connectivity index (χ4n) is 2.76. The number of aromatic nitrogens is 3. The summed E-state index contributed by atoms with van der Waals surface area (Å²) in [5.41, 5.74) is 0.474. The van der Waals surface area contributed by atoms with Crippen molar-refractivity contribution >= 4 is 17.8 Å². The number of nitrogens with one attached hydrogen (secondary N) is 1. The molecule has 0 spiro atoms. The molecule has 118 valence electrons. The minimum atomic E-state index is 0.474. The third-order valence-corrected chi connectivity index (χ3v) is 4.41. The summed E-state index contributed by atoms with van der Waals surface area (Å²) in [6, 6.07) is 0.514. The van der Waals surface area contributed by atoms with Crippen LogP contribution in [0.15, 0.2) is 0 Å². The lowest BCUT2D eigenvalue weighted by Crippen LogP contribution is -2.38. The van der Waals surface area contributed by atoms with Crippen LogP contribution < -0.4 is 15.1 Å². The smallest absolute Gasteiger partial charge is 0.231 e. The van der Waals surface area contributed by atoms with Gasteiger partial charge < -0.3 is 15.1 Å². The summed E-state index contributed by atoms with van der Waals surface area (Å²) >= 11 is 0. The maximum Gasteiger partial charge on any atom is 0.231 e. The van der Waals surface area contributed by atoms with E-state index in [1.165, 1.54) is 25.7 Å². The second-order valence-corrected chi connectivity index (χ2v) is 6.91. The topological polar surface area (TPSA) is 57.2 Å². The van der Waals surface area contributed by atoms with Crippen molar-refractivity contribution < 1.29 is 0 Å². The van der Waals surface area contributed by atoms with Crippen LogP contribution in [-0.4, -0.2) is 49.2 Å². The summed E-state index contributed by atoms with van der Waals surface area (Å²) in [5, 5.41) is 3.02. The minimum Gasteiger partial charge on any atom is -0.357 e. The van der Waals surface area contributed by atoms with Crippen molar-refractivity contribution in [1.29, 1.82) is 0 Å². The normalized spacial score (nSPS) is 18.4. The zero-order valence-electron chi connectivity index (χ0n) is 14.1. The van der Waals surface area contributed by atoms with Crippen molar-refractivity contribution in [3.63, 3.8) is 0 Å². The van der Waals surface area contributed by atoms with E-state index in [9.17, 15) is 0 Å². The van der Waals surface area contributed by atoms with Crippen molar-refractivity contribution in [2.45, 2.75) is 45.6 Å². The molecule has 1 saturated carbocycles. The van der Waals surface area contributed by atoms with Gasteiger partial charge >= 0.3 is 0 Å². The van der Waals surface area contributed by atoms with Gasteiger partial charge in [-0.3, -0.25) is 0 Å². The Morgan fingerprint density at radius 3 is 2.10 bits per heavy atom. The number of rotatable bonds is 4. The van der Waals surface area contributed by atoms with Crippen LogP contribution >= 0.6 is 0 Å². The molecule has 0 bridgehead atoms. The minimum absolute atomic E-state index is 0.474. The molecule has 1 fully saturated rings. The Balaban J connectivity index is 2.18. The van der Waals surface area contributed by atoms with E-state index in [0.717, 1.165) is 5.95 Å². The van der Waals surface area contributed by atoms with Gasteiger partial charge in [0.25, 0.3) is 0 Å². The van der Waals surface area contributed by atoms with Gasteiger partial charge in [-0.25, -0.2) is 0 Å². The second kappa shape index (κ2) is 6.03. The third kappa shape index (κ3) is 3.74. The van der Waals surface area contributed by atoms with E-state index in [-0.39, 0.29) is 0 Å². The Hall–Kier alpha value is -1.59. The van der Waals surface area contributed by atoms with Crippen molar-refractivity contribution in [2.24, 2.45) is 5.41 Å². The molecule has 0 aromatic carbocycles. The number of hydrogen-bond acceptors (Lipinski definition) is 6. The molecule has 0 unspecified atom stereocenters. The van der Waals surface area contributed by atoms with E-state index >= 15 is 0 Å². The van der Waals surface area contributed by atoms with Gasteiger partial charge in [0, 0.05) is 34.2 Å². The third-order valence-electron chi connectivity index (χ3n) is 4.41. The molecule has 1 aliphatic carbocycles. The Kier molecular flexibility index (Phi) is 4.54. The van der Waals surface area contributed by atoms with E-state index < -0.39 is 0 Å². The fourth-order valence-corrected chi connectivity index (χ4v) is 2.76. The highest BCUT2D eigenvalue weighted by Gasteiger charge is 2.30. The predicted octanol–water partition coefficient (Wildman–Crippen LogP) is 2.38. The van der Waals surface area contributed by atoms with Crippen molar-refractivity contribution in [3.8, 4) is 0 Å². The molecule has 1 aromatic rings. The van der Waals surface area contributed by atoms with Crippen molar-refractivity contribution in [1.82, 2.24) is 15.0 Å². The van der Waals surface area contributed by atoms with E-state index in [0.29, 0.717) is 23.4 Å². The van der Waals surface area contributed by atoms with Crippen LogP contribution in [0.5, 0.6) is 0 Å². The summed E-state index contributed by atoms with van der Waals surface area (Å²) in [6.07, 6.45) is 4.90. The zero-order valence-corrected chi connectivity index (χ0v) is 14.1. The van der Waals surface area contributed by atoms with Crippen LogP contribution in [0.25, 0.3) is 0 Å². The standard InChI is InChI=1S/C15H28N6/c1-15(2)9-7-11(8-10-15)21(6)14-18-12(16-3)17-13(19-14)20(4)5/h11H,7-10H2,1-6H3,(H,16,17,18,19). The first-order chi connectivity index (χ1) is 9.82. The van der Waals surface area contributed by atoms with Gasteiger partial charge in [-0.1, -0.05) is 13.8 Å². The largest absolute Gasteiger partial charge is 0.357 e. The van der Waals surface area contributed by atoms with E-state index in [1.54, 1.807) is 0 Å². The van der Waals surface area contributed by atoms with Crippen LogP contribution in [0.2, 0.25) is 0 Å². The molecular weight excluding hydrogens is 264 g/mol. The Labute approximate surface area is 128 Å². The summed E-state index contributed by atoms with van der Waals surface area (Å²) in [7, 11) is 7.82. The molecule has 1 aliphatic rings. The molecule has 21 heavy (non-hydrogen) atoms. The van der Waals surface area contributed by atoms with Gasteiger partial charge in [-0.2, -0.15) is 15.0 Å². The molecule has 0 aliphatic heterocycles. The molecule has 1 N–H and O–H groups in total. The molecule has 0 atom stereocenters. The average molecular weight is 292 g/mol. The monoisotopic (exact) mass is 292 g/mol. The average Bonchev–Trinajstić information content (AvgIpc) is 2.46. The Morgan fingerprint density at radius 2 is 1.57 bits per heavy atom. The highest BCUT2D eigenvalue weighted by atomic mass is 15.3. The summed E-state index contributed by atoms with van der Waals surface area (Å²) in [5.74, 6) is 2.06. The van der Waals surface area contributed by atoms with Crippen LogP contribution in [0, 0.1) is 5.41 Å². The van der Waals surface area contributed by atoms with Crippen LogP contribution in [0.1, 0.15) is 39.5 Å². The van der Waals surface area contributed by atoms with E-state index in [4.69, 9.17) is 0 Å². The molecule has 2 rings (SSSR count). The van der Waals surface area contributed by atoms with Gasteiger partial charge in [0.05, 0.1) is 0 Å². The number of hydrogen-bond donors (Lipinski definition) is 1. The molecule has 0 radical (unpaired) electrons.